The van der Waals surface area contributed by atoms with Crippen LogP contribution in [0.3, 0.4) is 0 Å². The zero-order valence-electron chi connectivity index (χ0n) is 10.5. The van der Waals surface area contributed by atoms with Gasteiger partial charge in [-0.25, -0.2) is 20.5 Å². The van der Waals surface area contributed by atoms with E-state index in [4.69, 9.17) is 5.84 Å². The van der Waals surface area contributed by atoms with Gasteiger partial charge in [0.15, 0.2) is 0 Å². The van der Waals surface area contributed by atoms with Crippen molar-refractivity contribution in [2.75, 3.05) is 5.43 Å². The van der Waals surface area contributed by atoms with E-state index in [1.165, 1.54) is 24.6 Å². The van der Waals surface area contributed by atoms with Gasteiger partial charge in [0, 0.05) is 6.20 Å². The Hall–Kier alpha value is -1.26. The average molecular weight is 357 g/mol. The van der Waals surface area contributed by atoms with Crippen molar-refractivity contribution in [1.29, 1.82) is 0 Å². The van der Waals surface area contributed by atoms with E-state index in [0.29, 0.717) is 12.0 Å². The van der Waals surface area contributed by atoms with Gasteiger partial charge in [-0.05, 0) is 51.0 Å². The molecule has 2 heterocycles. The van der Waals surface area contributed by atoms with E-state index in [9.17, 15) is 0 Å². The van der Waals surface area contributed by atoms with E-state index >= 15 is 0 Å². The predicted octanol–water partition coefficient (Wildman–Crippen LogP) is 1.78. The van der Waals surface area contributed by atoms with Gasteiger partial charge >= 0.3 is 0 Å². The van der Waals surface area contributed by atoms with Crippen LogP contribution in [-0.2, 0) is 0 Å². The van der Waals surface area contributed by atoms with Gasteiger partial charge < -0.3 is 0 Å². The third-order valence-electron chi connectivity index (χ3n) is 3.16. The van der Waals surface area contributed by atoms with Crippen LogP contribution < -0.4 is 11.3 Å². The lowest BCUT2D eigenvalue weighted by molar-refractivity contribution is 0.423. The van der Waals surface area contributed by atoms with Crippen molar-refractivity contribution in [3.05, 3.63) is 10.7 Å². The van der Waals surface area contributed by atoms with Crippen LogP contribution in [0.25, 0.3) is 0 Å². The highest BCUT2D eigenvalue weighted by Crippen LogP contribution is 2.35. The summed E-state index contributed by atoms with van der Waals surface area (Å²) in [6.45, 7) is 0. The summed E-state index contributed by atoms with van der Waals surface area (Å²) in [7, 11) is 0. The average Bonchev–Trinajstić information content (AvgIpc) is 3.11. The van der Waals surface area contributed by atoms with Gasteiger partial charge in [0.25, 0.3) is 0 Å². The van der Waals surface area contributed by atoms with Crippen molar-refractivity contribution in [3.8, 4) is 0 Å². The second-order valence-electron chi connectivity index (χ2n) is 4.44. The number of aromatic nitrogens is 6. The fourth-order valence-corrected chi connectivity index (χ4v) is 3.46. The van der Waals surface area contributed by atoms with Gasteiger partial charge in [-0.2, -0.15) is 0 Å². The van der Waals surface area contributed by atoms with Crippen molar-refractivity contribution in [3.63, 3.8) is 0 Å². The first kappa shape index (κ1) is 13.7. The number of halogens is 1. The van der Waals surface area contributed by atoms with Crippen molar-refractivity contribution < 1.29 is 0 Å². The smallest absolute Gasteiger partial charge is 0.238 e. The quantitative estimate of drug-likeness (QED) is 0.484. The first-order valence-corrected chi connectivity index (χ1v) is 7.84. The monoisotopic (exact) mass is 356 g/mol. The summed E-state index contributed by atoms with van der Waals surface area (Å²) >= 11 is 4.82. The topological polar surface area (TPSA) is 107 Å². The number of tetrazole rings is 1. The summed E-state index contributed by atoms with van der Waals surface area (Å²) in [5, 5.41) is 13.4. The number of rotatable bonds is 4. The van der Waals surface area contributed by atoms with Crippen LogP contribution in [0, 0.1) is 0 Å². The maximum atomic E-state index is 5.33. The van der Waals surface area contributed by atoms with Crippen LogP contribution in [0.15, 0.2) is 20.9 Å². The minimum absolute atomic E-state index is 0.357. The summed E-state index contributed by atoms with van der Waals surface area (Å²) in [5.41, 5.74) is 2.43. The first-order chi connectivity index (χ1) is 9.78. The van der Waals surface area contributed by atoms with Gasteiger partial charge in [-0.1, -0.05) is 12.8 Å². The highest BCUT2D eigenvalue weighted by Gasteiger charge is 2.22. The van der Waals surface area contributed by atoms with Gasteiger partial charge in [0.2, 0.25) is 11.1 Å². The summed E-state index contributed by atoms with van der Waals surface area (Å²) in [4.78, 5) is 8.31. The summed E-state index contributed by atoms with van der Waals surface area (Å²) < 4.78 is 2.67. The maximum Gasteiger partial charge on any atom is 0.238 e. The molecule has 1 aliphatic rings. The number of nitrogens with zero attached hydrogens (tertiary/aromatic N) is 6. The Kier molecular flexibility index (Phi) is 4.13. The van der Waals surface area contributed by atoms with E-state index in [0.717, 1.165) is 27.5 Å². The molecular formula is C10H13BrN8S. The number of nitrogen functional groups attached to an aromatic ring is 1. The molecule has 3 N–H and O–H groups in total. The molecule has 0 amide bonds. The molecule has 0 unspecified atom stereocenters. The summed E-state index contributed by atoms with van der Waals surface area (Å²) in [6.07, 6.45) is 6.35. The molecule has 2 aromatic heterocycles. The van der Waals surface area contributed by atoms with Crippen molar-refractivity contribution in [2.24, 2.45) is 5.84 Å². The molecule has 0 aliphatic heterocycles. The lowest BCUT2D eigenvalue weighted by Crippen LogP contribution is -2.11. The molecule has 20 heavy (non-hydrogen) atoms. The van der Waals surface area contributed by atoms with Crippen molar-refractivity contribution in [2.45, 2.75) is 41.9 Å². The Balaban J connectivity index is 1.86. The standard InChI is InChI=1S/C10H13BrN8S/c11-7-5-13-9(15-12)14-8(7)20-10-16-17-18-19(10)6-3-1-2-4-6/h5-6H,1-4,12H2,(H,13,14,15). The highest BCUT2D eigenvalue weighted by atomic mass is 79.9. The SMILES string of the molecule is NNc1ncc(Br)c(Sc2nnnn2C2CCCC2)n1. The number of nitrogens with two attached hydrogens (primary N) is 1. The number of hydrogen-bond donors (Lipinski definition) is 2. The zero-order chi connectivity index (χ0) is 13.9. The molecule has 1 saturated carbocycles. The van der Waals surface area contributed by atoms with E-state index in [1.807, 2.05) is 4.68 Å². The molecule has 0 aromatic carbocycles. The lowest BCUT2D eigenvalue weighted by Gasteiger charge is -2.11. The fraction of sp³-hybridized carbons (Fsp3) is 0.500. The zero-order valence-corrected chi connectivity index (χ0v) is 12.9. The first-order valence-electron chi connectivity index (χ1n) is 6.23. The van der Waals surface area contributed by atoms with E-state index in [2.05, 4.69) is 46.8 Å². The Labute approximate surface area is 128 Å². The Morgan fingerprint density at radius 3 is 2.95 bits per heavy atom. The van der Waals surface area contributed by atoms with Gasteiger partial charge in [-0.3, -0.25) is 5.43 Å². The van der Waals surface area contributed by atoms with Gasteiger partial charge in [0.1, 0.15) is 5.03 Å². The molecule has 0 atom stereocenters. The molecule has 0 radical (unpaired) electrons. The Morgan fingerprint density at radius 2 is 2.20 bits per heavy atom. The number of hydrogen-bond acceptors (Lipinski definition) is 8. The second-order valence-corrected chi connectivity index (χ2v) is 6.25. The normalized spacial score (nSPS) is 15.7. The minimum atomic E-state index is 0.357. The molecule has 106 valence electrons. The van der Waals surface area contributed by atoms with Gasteiger partial charge in [-0.15, -0.1) is 5.10 Å². The molecule has 0 spiro atoms. The molecule has 1 fully saturated rings. The molecule has 2 aromatic rings. The number of anilines is 1. The van der Waals surface area contributed by atoms with Crippen LogP contribution >= 0.6 is 27.7 Å². The Bertz CT molecular complexity index is 597. The summed E-state index contributed by atoms with van der Waals surface area (Å²) in [5.74, 6) is 5.68. The van der Waals surface area contributed by atoms with Crippen molar-refractivity contribution >= 4 is 33.6 Å². The summed E-state index contributed by atoms with van der Waals surface area (Å²) in [6, 6.07) is 0.389. The van der Waals surface area contributed by atoms with Crippen LogP contribution in [0.1, 0.15) is 31.7 Å². The molecule has 3 rings (SSSR count). The molecule has 1 aliphatic carbocycles. The molecule has 8 nitrogen and oxygen atoms in total. The van der Waals surface area contributed by atoms with E-state index in [-0.39, 0.29) is 0 Å². The predicted molar refractivity (Wildman–Crippen MR) is 77.0 cm³/mol. The van der Waals surface area contributed by atoms with E-state index in [1.54, 1.807) is 6.20 Å². The van der Waals surface area contributed by atoms with Crippen LogP contribution in [0.4, 0.5) is 5.95 Å². The molecule has 0 bridgehead atoms. The van der Waals surface area contributed by atoms with Crippen LogP contribution in [0.5, 0.6) is 0 Å². The van der Waals surface area contributed by atoms with Crippen molar-refractivity contribution in [1.82, 2.24) is 30.2 Å². The molecule has 10 heteroatoms. The third kappa shape index (κ3) is 2.76. The molecule has 0 saturated heterocycles. The second kappa shape index (κ2) is 6.02. The highest BCUT2D eigenvalue weighted by molar-refractivity contribution is 9.10. The maximum absolute atomic E-state index is 5.33. The lowest BCUT2D eigenvalue weighted by atomic mass is 10.3. The third-order valence-corrected chi connectivity index (χ3v) is 4.96. The largest absolute Gasteiger partial charge is 0.292 e. The number of hydrazine groups is 1. The minimum Gasteiger partial charge on any atom is -0.292 e. The Morgan fingerprint density at radius 1 is 1.40 bits per heavy atom. The molecular weight excluding hydrogens is 344 g/mol. The van der Waals surface area contributed by atoms with Crippen LogP contribution in [0.2, 0.25) is 0 Å². The van der Waals surface area contributed by atoms with Gasteiger partial charge in [0.05, 0.1) is 10.5 Å². The van der Waals surface area contributed by atoms with Crippen LogP contribution in [-0.4, -0.2) is 30.2 Å². The number of nitrogens with one attached hydrogen (secondary N) is 1. The van der Waals surface area contributed by atoms with E-state index < -0.39 is 0 Å². The fourth-order valence-electron chi connectivity index (χ4n) is 2.21.